The van der Waals surface area contributed by atoms with E-state index < -0.39 is 0 Å². The quantitative estimate of drug-likeness (QED) is 0.697. The van der Waals surface area contributed by atoms with Gasteiger partial charge in [0.1, 0.15) is 5.82 Å². The Morgan fingerprint density at radius 2 is 1.93 bits per heavy atom. The smallest absolute Gasteiger partial charge is 0.261 e. The maximum absolute atomic E-state index is 12.7. The van der Waals surface area contributed by atoms with Crippen LogP contribution in [0.1, 0.15) is 33.1 Å². The first kappa shape index (κ1) is 18.3. The van der Waals surface area contributed by atoms with Gasteiger partial charge in [0.25, 0.3) is 5.56 Å². The van der Waals surface area contributed by atoms with Crippen LogP contribution in [0, 0.1) is 5.92 Å². The van der Waals surface area contributed by atoms with Crippen LogP contribution >= 0.6 is 0 Å². The topological polar surface area (TPSA) is 68.1 Å². The molecule has 1 amide bonds. The van der Waals surface area contributed by atoms with Gasteiger partial charge >= 0.3 is 0 Å². The summed E-state index contributed by atoms with van der Waals surface area (Å²) in [6.45, 7) is 5.51. The Bertz CT molecular complexity index is 1070. The van der Waals surface area contributed by atoms with Gasteiger partial charge in [-0.2, -0.15) is 0 Å². The number of piperidine rings is 1. The summed E-state index contributed by atoms with van der Waals surface area (Å²) in [5.41, 5.74) is 2.50. The lowest BCUT2D eigenvalue weighted by Crippen LogP contribution is -2.38. The maximum atomic E-state index is 12.7. The van der Waals surface area contributed by atoms with E-state index in [-0.39, 0.29) is 11.5 Å². The summed E-state index contributed by atoms with van der Waals surface area (Å²) in [4.78, 5) is 35.6. The maximum Gasteiger partial charge on any atom is 0.261 e. The zero-order valence-corrected chi connectivity index (χ0v) is 16.3. The van der Waals surface area contributed by atoms with E-state index in [0.29, 0.717) is 42.1 Å². The number of anilines is 1. The third kappa shape index (κ3) is 3.42. The molecular weight excluding hydrogens is 352 g/mol. The average molecular weight is 376 g/mol. The average Bonchev–Trinajstić information content (AvgIpc) is 2.70. The van der Waals surface area contributed by atoms with Gasteiger partial charge in [-0.1, -0.05) is 19.9 Å². The molecule has 6 nitrogen and oxygen atoms in total. The molecular formula is C22H24N4O2. The second-order valence-electron chi connectivity index (χ2n) is 7.52. The molecule has 1 fully saturated rings. The van der Waals surface area contributed by atoms with Gasteiger partial charge in [0.15, 0.2) is 0 Å². The van der Waals surface area contributed by atoms with E-state index in [1.165, 1.54) is 0 Å². The molecule has 0 bridgehead atoms. The molecule has 1 saturated heterocycles. The SMILES string of the molecule is CCCn1cnc2ccc(-c3ccc(N4CCC(C)CC4=O)nc3)cc2c1=O. The lowest BCUT2D eigenvalue weighted by molar-refractivity contribution is -0.120. The second kappa shape index (κ2) is 7.54. The van der Waals surface area contributed by atoms with Gasteiger partial charge in [0.2, 0.25) is 5.91 Å². The second-order valence-corrected chi connectivity index (χ2v) is 7.52. The van der Waals surface area contributed by atoms with Crippen molar-refractivity contribution >= 4 is 22.6 Å². The molecule has 1 aromatic carbocycles. The third-order valence-electron chi connectivity index (χ3n) is 5.32. The molecule has 1 atom stereocenters. The van der Waals surface area contributed by atoms with Crippen LogP contribution in [0.2, 0.25) is 0 Å². The van der Waals surface area contributed by atoms with Crippen LogP contribution in [0.15, 0.2) is 47.7 Å². The molecule has 0 aliphatic carbocycles. The molecule has 144 valence electrons. The monoisotopic (exact) mass is 376 g/mol. The van der Waals surface area contributed by atoms with Crippen molar-refractivity contribution in [3.8, 4) is 11.1 Å². The number of fused-ring (bicyclic) bond motifs is 1. The Balaban J connectivity index is 1.65. The van der Waals surface area contributed by atoms with Gasteiger partial charge in [0, 0.05) is 31.3 Å². The molecule has 3 heterocycles. The highest BCUT2D eigenvalue weighted by atomic mass is 16.2. The molecule has 0 radical (unpaired) electrons. The minimum Gasteiger partial charge on any atom is -0.299 e. The van der Waals surface area contributed by atoms with Crippen molar-refractivity contribution in [3.63, 3.8) is 0 Å². The molecule has 1 aliphatic rings. The van der Waals surface area contributed by atoms with Crippen LogP contribution in [-0.4, -0.2) is 27.0 Å². The molecule has 1 aliphatic heterocycles. The number of hydrogen-bond acceptors (Lipinski definition) is 4. The van der Waals surface area contributed by atoms with Gasteiger partial charge in [-0.15, -0.1) is 0 Å². The van der Waals surface area contributed by atoms with E-state index in [9.17, 15) is 9.59 Å². The molecule has 4 rings (SSSR count). The van der Waals surface area contributed by atoms with E-state index in [4.69, 9.17) is 0 Å². The number of rotatable bonds is 4. The van der Waals surface area contributed by atoms with E-state index in [0.717, 1.165) is 24.0 Å². The van der Waals surface area contributed by atoms with Gasteiger partial charge < -0.3 is 0 Å². The van der Waals surface area contributed by atoms with Crippen LogP contribution in [-0.2, 0) is 11.3 Å². The van der Waals surface area contributed by atoms with Crippen LogP contribution in [0.25, 0.3) is 22.0 Å². The summed E-state index contributed by atoms with van der Waals surface area (Å²) in [6, 6.07) is 9.53. The van der Waals surface area contributed by atoms with E-state index in [2.05, 4.69) is 16.9 Å². The first-order valence-corrected chi connectivity index (χ1v) is 9.83. The van der Waals surface area contributed by atoms with Gasteiger partial charge in [-0.25, -0.2) is 9.97 Å². The molecule has 0 spiro atoms. The standard InChI is InChI=1S/C22H24N4O2/c1-3-9-25-14-24-19-6-4-16(12-18(19)22(25)28)17-5-7-20(23-13-17)26-10-8-15(2)11-21(26)27/h4-7,12-15H,3,8-11H2,1-2H3. The van der Waals surface area contributed by atoms with Crippen molar-refractivity contribution in [2.24, 2.45) is 5.92 Å². The summed E-state index contributed by atoms with van der Waals surface area (Å²) in [6.07, 6.45) is 5.83. The van der Waals surface area contributed by atoms with Crippen molar-refractivity contribution in [1.29, 1.82) is 0 Å². The summed E-state index contributed by atoms with van der Waals surface area (Å²) in [5, 5.41) is 0.609. The van der Waals surface area contributed by atoms with E-state index in [1.54, 1.807) is 22.0 Å². The molecule has 3 aromatic rings. The van der Waals surface area contributed by atoms with Crippen LogP contribution < -0.4 is 10.5 Å². The zero-order valence-electron chi connectivity index (χ0n) is 16.3. The highest BCUT2D eigenvalue weighted by Crippen LogP contribution is 2.26. The molecule has 2 aromatic heterocycles. The Kier molecular flexibility index (Phi) is 4.94. The molecule has 0 saturated carbocycles. The van der Waals surface area contributed by atoms with Crippen LogP contribution in [0.5, 0.6) is 0 Å². The third-order valence-corrected chi connectivity index (χ3v) is 5.32. The Labute approximate surface area is 163 Å². The molecule has 1 unspecified atom stereocenters. The summed E-state index contributed by atoms with van der Waals surface area (Å²) in [5.74, 6) is 1.26. The number of carbonyl (C=O) groups excluding carboxylic acids is 1. The Morgan fingerprint density at radius 1 is 1.11 bits per heavy atom. The lowest BCUT2D eigenvalue weighted by atomic mass is 9.98. The fourth-order valence-corrected chi connectivity index (χ4v) is 3.68. The summed E-state index contributed by atoms with van der Waals surface area (Å²) in [7, 11) is 0. The number of aryl methyl sites for hydroxylation is 1. The first-order chi connectivity index (χ1) is 13.6. The minimum atomic E-state index is -0.0219. The number of nitrogens with zero attached hydrogens (tertiary/aromatic N) is 4. The number of carbonyl (C=O) groups is 1. The normalized spacial score (nSPS) is 17.3. The van der Waals surface area contributed by atoms with Crippen molar-refractivity contribution in [1.82, 2.24) is 14.5 Å². The van der Waals surface area contributed by atoms with Crippen LogP contribution in [0.3, 0.4) is 0 Å². The Morgan fingerprint density at radius 3 is 2.64 bits per heavy atom. The van der Waals surface area contributed by atoms with Crippen LogP contribution in [0.4, 0.5) is 5.82 Å². The van der Waals surface area contributed by atoms with Crippen molar-refractivity contribution in [2.45, 2.75) is 39.7 Å². The highest BCUT2D eigenvalue weighted by molar-refractivity contribution is 5.93. The fraction of sp³-hybridized carbons (Fsp3) is 0.364. The van der Waals surface area contributed by atoms with Gasteiger partial charge in [-0.05, 0) is 48.6 Å². The number of amides is 1. The molecule has 6 heteroatoms. The first-order valence-electron chi connectivity index (χ1n) is 9.83. The largest absolute Gasteiger partial charge is 0.299 e. The molecule has 28 heavy (non-hydrogen) atoms. The highest BCUT2D eigenvalue weighted by Gasteiger charge is 2.24. The van der Waals surface area contributed by atoms with Gasteiger partial charge in [-0.3, -0.25) is 19.1 Å². The number of benzene rings is 1. The number of hydrogen-bond donors (Lipinski definition) is 0. The number of pyridine rings is 1. The number of aromatic nitrogens is 3. The predicted octanol–water partition coefficient (Wildman–Crippen LogP) is 3.63. The van der Waals surface area contributed by atoms with Gasteiger partial charge in [0.05, 0.1) is 17.2 Å². The van der Waals surface area contributed by atoms with E-state index >= 15 is 0 Å². The van der Waals surface area contributed by atoms with Crippen molar-refractivity contribution < 1.29 is 4.79 Å². The lowest BCUT2D eigenvalue weighted by Gasteiger charge is -2.29. The summed E-state index contributed by atoms with van der Waals surface area (Å²) < 4.78 is 1.65. The van der Waals surface area contributed by atoms with E-state index in [1.807, 2.05) is 37.3 Å². The Hall–Kier alpha value is -3.02. The minimum absolute atomic E-state index is 0.0219. The predicted molar refractivity (Wildman–Crippen MR) is 110 cm³/mol. The zero-order chi connectivity index (χ0) is 19.7. The van der Waals surface area contributed by atoms with Crippen molar-refractivity contribution in [2.75, 3.05) is 11.4 Å². The summed E-state index contributed by atoms with van der Waals surface area (Å²) >= 11 is 0. The van der Waals surface area contributed by atoms with Crippen molar-refractivity contribution in [3.05, 3.63) is 53.2 Å². The molecule has 0 N–H and O–H groups in total. The fourth-order valence-electron chi connectivity index (χ4n) is 3.68.